The van der Waals surface area contributed by atoms with E-state index in [1.165, 1.54) is 18.2 Å². The van der Waals surface area contributed by atoms with Gasteiger partial charge in [0.15, 0.2) is 0 Å². The highest BCUT2D eigenvalue weighted by molar-refractivity contribution is 8.06. The Kier molecular flexibility index (Phi) is 4.66. The first kappa shape index (κ1) is 13.4. The van der Waals surface area contributed by atoms with Crippen LogP contribution in [-0.2, 0) is 0 Å². The Balaban J connectivity index is 1.95. The van der Waals surface area contributed by atoms with E-state index in [4.69, 9.17) is 0 Å². The largest absolute Gasteiger partial charge is 0.507 e. The number of nitrogens with one attached hydrogen (secondary N) is 1. The van der Waals surface area contributed by atoms with Gasteiger partial charge in [-0.1, -0.05) is 6.07 Å². The lowest BCUT2D eigenvalue weighted by molar-refractivity contribution is 0.0949. The van der Waals surface area contributed by atoms with E-state index in [2.05, 4.69) is 5.32 Å². The van der Waals surface area contributed by atoms with Crippen molar-refractivity contribution < 1.29 is 15.0 Å². The zero-order valence-corrected chi connectivity index (χ0v) is 11.4. The average molecular weight is 285 g/mol. The van der Waals surface area contributed by atoms with Crippen LogP contribution in [0.1, 0.15) is 10.4 Å². The van der Waals surface area contributed by atoms with Gasteiger partial charge in [0.05, 0.1) is 0 Å². The summed E-state index contributed by atoms with van der Waals surface area (Å²) in [6.07, 6.45) is 0. The molecular weight excluding hydrogens is 270 g/mol. The number of hydrogen-bond acceptors (Lipinski definition) is 5. The number of phenolic OH excluding ortho intramolecular Hbond substituents is 2. The molecule has 98 valence electrons. The molecule has 1 atom stereocenters. The van der Waals surface area contributed by atoms with E-state index in [1.807, 2.05) is 23.5 Å². The highest BCUT2D eigenvalue weighted by Gasteiger charge is 2.19. The second-order valence-electron chi connectivity index (χ2n) is 3.95. The van der Waals surface area contributed by atoms with Gasteiger partial charge in [0.1, 0.15) is 17.1 Å². The molecule has 1 unspecified atom stereocenters. The van der Waals surface area contributed by atoms with Crippen LogP contribution in [0.2, 0.25) is 0 Å². The number of carbonyl (C=O) groups excluding carboxylic acids is 1. The second kappa shape index (κ2) is 6.24. The molecular formula is C12H15NO3S2. The summed E-state index contributed by atoms with van der Waals surface area (Å²) in [5.74, 6) is 2.47. The summed E-state index contributed by atoms with van der Waals surface area (Å²) in [5.41, 5.74) is -0.0500. The Bertz CT molecular complexity index is 413. The molecule has 1 aromatic carbocycles. The molecule has 1 heterocycles. The second-order valence-corrected chi connectivity index (χ2v) is 6.51. The summed E-state index contributed by atoms with van der Waals surface area (Å²) in [6.45, 7) is 0.560. The van der Waals surface area contributed by atoms with Gasteiger partial charge in [-0.25, -0.2) is 0 Å². The predicted octanol–water partition coefficient (Wildman–Crippen LogP) is 1.68. The zero-order chi connectivity index (χ0) is 13.0. The molecule has 2 rings (SSSR count). The Morgan fingerprint density at radius 2 is 2.06 bits per heavy atom. The molecule has 0 aromatic heterocycles. The Hall–Kier alpha value is -1.01. The molecule has 1 amide bonds. The predicted molar refractivity (Wildman–Crippen MR) is 75.7 cm³/mol. The fourth-order valence-electron chi connectivity index (χ4n) is 1.71. The number of benzene rings is 1. The van der Waals surface area contributed by atoms with Crippen molar-refractivity contribution in [2.45, 2.75) is 5.25 Å². The maximum absolute atomic E-state index is 11.9. The van der Waals surface area contributed by atoms with E-state index in [-0.39, 0.29) is 17.1 Å². The van der Waals surface area contributed by atoms with Gasteiger partial charge in [0, 0.05) is 29.1 Å². The number of thioether (sulfide) groups is 2. The van der Waals surface area contributed by atoms with Gasteiger partial charge in [0.25, 0.3) is 5.91 Å². The minimum atomic E-state index is -0.429. The molecule has 0 aliphatic carbocycles. The van der Waals surface area contributed by atoms with Crippen LogP contribution < -0.4 is 5.32 Å². The average Bonchev–Trinajstić information content (AvgIpc) is 2.37. The first-order valence-electron chi connectivity index (χ1n) is 5.67. The summed E-state index contributed by atoms with van der Waals surface area (Å²) in [4.78, 5) is 11.9. The van der Waals surface area contributed by atoms with Crippen LogP contribution in [-0.4, -0.2) is 45.2 Å². The van der Waals surface area contributed by atoms with Crippen molar-refractivity contribution in [3.63, 3.8) is 0 Å². The van der Waals surface area contributed by atoms with Gasteiger partial charge >= 0.3 is 0 Å². The van der Waals surface area contributed by atoms with Crippen LogP contribution in [0.5, 0.6) is 11.5 Å². The number of phenols is 2. The lowest BCUT2D eigenvalue weighted by atomic mass is 10.1. The Morgan fingerprint density at radius 3 is 2.67 bits per heavy atom. The summed E-state index contributed by atoms with van der Waals surface area (Å²) in [5, 5.41) is 22.3. The first-order chi connectivity index (χ1) is 8.68. The maximum atomic E-state index is 11.9. The third-order valence-corrected chi connectivity index (χ3v) is 5.47. The quantitative estimate of drug-likeness (QED) is 0.788. The standard InChI is InChI=1S/C12H15NO3S2/c14-9-2-1-3-10(15)11(9)12(16)13-6-8-7-17-4-5-18-8/h1-3,8,14-15H,4-7H2,(H,13,16). The van der Waals surface area contributed by atoms with Crippen molar-refractivity contribution in [3.05, 3.63) is 23.8 Å². The van der Waals surface area contributed by atoms with Crippen LogP contribution in [0.4, 0.5) is 0 Å². The van der Waals surface area contributed by atoms with Crippen molar-refractivity contribution in [1.82, 2.24) is 5.32 Å². The number of carbonyl (C=O) groups is 1. The van der Waals surface area contributed by atoms with E-state index < -0.39 is 5.91 Å². The molecule has 0 radical (unpaired) electrons. The van der Waals surface area contributed by atoms with Crippen molar-refractivity contribution >= 4 is 29.4 Å². The van der Waals surface area contributed by atoms with Crippen LogP contribution in [0.25, 0.3) is 0 Å². The van der Waals surface area contributed by atoms with Crippen molar-refractivity contribution in [3.8, 4) is 11.5 Å². The molecule has 18 heavy (non-hydrogen) atoms. The van der Waals surface area contributed by atoms with Crippen molar-refractivity contribution in [1.29, 1.82) is 0 Å². The van der Waals surface area contributed by atoms with Gasteiger partial charge in [0.2, 0.25) is 0 Å². The molecule has 1 aliphatic heterocycles. The number of hydrogen-bond donors (Lipinski definition) is 3. The lowest BCUT2D eigenvalue weighted by Crippen LogP contribution is -2.33. The normalized spacial score (nSPS) is 19.4. The summed E-state index contributed by atoms with van der Waals surface area (Å²) in [7, 11) is 0. The molecule has 1 aliphatic rings. The minimum Gasteiger partial charge on any atom is -0.507 e. The molecule has 1 saturated heterocycles. The fraction of sp³-hybridized carbons (Fsp3) is 0.417. The lowest BCUT2D eigenvalue weighted by Gasteiger charge is -2.21. The highest BCUT2D eigenvalue weighted by Crippen LogP contribution is 2.27. The molecule has 4 nitrogen and oxygen atoms in total. The number of amides is 1. The van der Waals surface area contributed by atoms with E-state index in [0.29, 0.717) is 11.8 Å². The van der Waals surface area contributed by atoms with Gasteiger partial charge in [-0.05, 0) is 12.1 Å². The third kappa shape index (κ3) is 3.26. The van der Waals surface area contributed by atoms with E-state index in [1.54, 1.807) is 0 Å². The SMILES string of the molecule is O=C(NCC1CSCCS1)c1c(O)cccc1O. The smallest absolute Gasteiger partial charge is 0.258 e. The number of rotatable bonds is 3. The highest BCUT2D eigenvalue weighted by atomic mass is 32.2. The minimum absolute atomic E-state index is 0.0500. The van der Waals surface area contributed by atoms with E-state index >= 15 is 0 Å². The Morgan fingerprint density at radius 1 is 1.33 bits per heavy atom. The monoisotopic (exact) mass is 285 g/mol. The molecule has 1 aromatic rings. The molecule has 3 N–H and O–H groups in total. The van der Waals surface area contributed by atoms with Gasteiger partial charge in [-0.15, -0.1) is 0 Å². The van der Waals surface area contributed by atoms with Crippen LogP contribution >= 0.6 is 23.5 Å². The van der Waals surface area contributed by atoms with Gasteiger partial charge in [-0.2, -0.15) is 23.5 Å². The fourth-order valence-corrected chi connectivity index (χ4v) is 4.32. The van der Waals surface area contributed by atoms with E-state index in [9.17, 15) is 15.0 Å². The van der Waals surface area contributed by atoms with Crippen LogP contribution in [0, 0.1) is 0 Å². The molecule has 0 saturated carbocycles. The van der Waals surface area contributed by atoms with Crippen molar-refractivity contribution in [2.24, 2.45) is 0 Å². The summed E-state index contributed by atoms with van der Waals surface area (Å²) >= 11 is 3.73. The molecule has 0 bridgehead atoms. The maximum Gasteiger partial charge on any atom is 0.258 e. The Labute approximate surface area is 114 Å². The first-order valence-corrected chi connectivity index (χ1v) is 7.87. The third-order valence-electron chi connectivity index (χ3n) is 2.62. The van der Waals surface area contributed by atoms with Gasteiger partial charge < -0.3 is 15.5 Å². The topological polar surface area (TPSA) is 69.6 Å². The summed E-state index contributed by atoms with van der Waals surface area (Å²) in [6, 6.07) is 4.27. The van der Waals surface area contributed by atoms with Crippen molar-refractivity contribution in [2.75, 3.05) is 23.8 Å². The van der Waals surface area contributed by atoms with Crippen LogP contribution in [0.3, 0.4) is 0 Å². The number of aromatic hydroxyl groups is 2. The van der Waals surface area contributed by atoms with E-state index in [0.717, 1.165) is 17.3 Å². The molecule has 1 fully saturated rings. The summed E-state index contributed by atoms with van der Waals surface area (Å²) < 4.78 is 0. The zero-order valence-electron chi connectivity index (χ0n) is 9.76. The van der Waals surface area contributed by atoms with Crippen LogP contribution in [0.15, 0.2) is 18.2 Å². The van der Waals surface area contributed by atoms with Gasteiger partial charge in [-0.3, -0.25) is 4.79 Å². The molecule has 6 heteroatoms. The molecule has 0 spiro atoms.